The summed E-state index contributed by atoms with van der Waals surface area (Å²) < 4.78 is 0. The smallest absolute Gasteiger partial charge is 0.331 e. The number of amides is 4. The number of benzene rings is 2. The number of urea groups is 1. The van der Waals surface area contributed by atoms with Crippen LogP contribution in [0.4, 0.5) is 16.2 Å². The molecule has 2 aliphatic rings. The van der Waals surface area contributed by atoms with Crippen molar-refractivity contribution in [3.05, 3.63) is 69.8 Å². The lowest BCUT2D eigenvalue weighted by atomic mass is 9.67. The SMILES string of the molecule is CCCCN1c2ccc([N+](=O)[O-])cc2C[C@]2(C(=O)NC(=O)N(Cc3ccccc3)C2=O)[C@@H]1CCC. The van der Waals surface area contributed by atoms with E-state index in [-0.39, 0.29) is 18.7 Å². The lowest BCUT2D eigenvalue weighted by molar-refractivity contribution is -0.384. The van der Waals surface area contributed by atoms with Gasteiger partial charge in [0.05, 0.1) is 17.5 Å². The molecule has 1 N–H and O–H groups in total. The van der Waals surface area contributed by atoms with Crippen molar-refractivity contribution in [1.82, 2.24) is 10.2 Å². The quantitative estimate of drug-likeness (QED) is 0.346. The Hall–Kier alpha value is -3.75. The van der Waals surface area contributed by atoms with Crippen LogP contribution in [0.2, 0.25) is 0 Å². The standard InChI is InChI=1S/C26H30N4O5/c1-3-5-14-28-21-13-12-20(30(34)35)15-19(21)16-26(22(28)9-4-2)23(31)27-25(33)29(24(26)32)17-18-10-7-6-8-11-18/h6-8,10-13,15,22H,3-5,9,14,16-17H2,1-2H3,(H,27,31,33)/t22-,26+/m0/s1. The first-order valence-electron chi connectivity index (χ1n) is 12.1. The molecule has 1 fully saturated rings. The van der Waals surface area contributed by atoms with E-state index in [0.29, 0.717) is 18.5 Å². The highest BCUT2D eigenvalue weighted by Gasteiger charge is 2.61. The van der Waals surface area contributed by atoms with Crippen molar-refractivity contribution >= 4 is 29.2 Å². The molecule has 9 nitrogen and oxygen atoms in total. The van der Waals surface area contributed by atoms with E-state index in [1.54, 1.807) is 6.07 Å². The first-order valence-corrected chi connectivity index (χ1v) is 12.1. The monoisotopic (exact) mass is 478 g/mol. The van der Waals surface area contributed by atoms with Crippen LogP contribution in [-0.2, 0) is 22.6 Å². The van der Waals surface area contributed by atoms with Gasteiger partial charge < -0.3 is 4.90 Å². The number of rotatable bonds is 8. The van der Waals surface area contributed by atoms with E-state index in [2.05, 4.69) is 17.1 Å². The van der Waals surface area contributed by atoms with Gasteiger partial charge in [-0.3, -0.25) is 29.9 Å². The number of barbiturate groups is 1. The van der Waals surface area contributed by atoms with E-state index in [1.165, 1.54) is 12.1 Å². The van der Waals surface area contributed by atoms with Gasteiger partial charge in [0.25, 0.3) is 5.69 Å². The number of hydrogen-bond donors (Lipinski definition) is 1. The Morgan fingerprint density at radius 1 is 1.09 bits per heavy atom. The molecular formula is C26H30N4O5. The van der Waals surface area contributed by atoms with E-state index in [1.807, 2.05) is 37.3 Å². The van der Waals surface area contributed by atoms with Crippen molar-refractivity contribution < 1.29 is 19.3 Å². The third kappa shape index (κ3) is 4.26. The highest BCUT2D eigenvalue weighted by atomic mass is 16.6. The average Bonchev–Trinajstić information content (AvgIpc) is 2.85. The summed E-state index contributed by atoms with van der Waals surface area (Å²) in [6.07, 6.45) is 3.02. The number of nitrogens with one attached hydrogen (secondary N) is 1. The van der Waals surface area contributed by atoms with Crippen molar-refractivity contribution in [3.63, 3.8) is 0 Å². The highest BCUT2D eigenvalue weighted by Crippen LogP contribution is 2.47. The number of nitrogens with zero attached hydrogens (tertiary/aromatic N) is 3. The van der Waals surface area contributed by atoms with Crippen molar-refractivity contribution in [1.29, 1.82) is 0 Å². The molecule has 9 heteroatoms. The Morgan fingerprint density at radius 3 is 2.49 bits per heavy atom. The molecule has 4 amide bonds. The van der Waals surface area contributed by atoms with E-state index in [0.717, 1.165) is 35.4 Å². The Balaban J connectivity index is 1.85. The van der Waals surface area contributed by atoms with Gasteiger partial charge in [0.1, 0.15) is 0 Å². The van der Waals surface area contributed by atoms with Gasteiger partial charge in [-0.1, -0.05) is 57.0 Å². The number of nitro groups is 1. The average molecular weight is 479 g/mol. The van der Waals surface area contributed by atoms with Crippen LogP contribution >= 0.6 is 0 Å². The number of fused-ring (bicyclic) bond motifs is 1. The molecule has 2 aliphatic heterocycles. The normalized spacial score (nSPS) is 21.8. The van der Waals surface area contributed by atoms with Crippen LogP contribution in [0.5, 0.6) is 0 Å². The molecule has 0 aromatic heterocycles. The second kappa shape index (κ2) is 9.85. The summed E-state index contributed by atoms with van der Waals surface area (Å²) in [7, 11) is 0. The number of nitro benzene ring substituents is 1. The number of carbonyl (C=O) groups is 3. The molecule has 0 unspecified atom stereocenters. The second-order valence-electron chi connectivity index (χ2n) is 9.21. The molecule has 0 radical (unpaired) electrons. The first-order chi connectivity index (χ1) is 16.8. The molecule has 184 valence electrons. The molecule has 1 saturated heterocycles. The molecular weight excluding hydrogens is 448 g/mol. The van der Waals surface area contributed by atoms with Crippen LogP contribution in [0.1, 0.15) is 50.7 Å². The molecule has 35 heavy (non-hydrogen) atoms. The zero-order valence-electron chi connectivity index (χ0n) is 20.0. The van der Waals surface area contributed by atoms with Gasteiger partial charge in [0.2, 0.25) is 11.8 Å². The van der Waals surface area contributed by atoms with E-state index < -0.39 is 34.2 Å². The van der Waals surface area contributed by atoms with E-state index in [9.17, 15) is 24.5 Å². The number of unbranched alkanes of at least 4 members (excludes halogenated alkanes) is 1. The van der Waals surface area contributed by atoms with Crippen LogP contribution in [-0.4, -0.2) is 40.3 Å². The van der Waals surface area contributed by atoms with E-state index >= 15 is 0 Å². The molecule has 0 saturated carbocycles. The second-order valence-corrected chi connectivity index (χ2v) is 9.21. The zero-order valence-corrected chi connectivity index (χ0v) is 20.0. The van der Waals surface area contributed by atoms with Gasteiger partial charge in [0, 0.05) is 30.8 Å². The summed E-state index contributed by atoms with van der Waals surface area (Å²) in [5.74, 6) is -1.18. The maximum atomic E-state index is 14.1. The molecule has 4 rings (SSSR count). The third-order valence-electron chi connectivity index (χ3n) is 6.99. The molecule has 1 spiro atoms. The van der Waals surface area contributed by atoms with Gasteiger partial charge >= 0.3 is 6.03 Å². The Morgan fingerprint density at radius 2 is 1.83 bits per heavy atom. The van der Waals surface area contributed by atoms with E-state index in [4.69, 9.17) is 0 Å². The van der Waals surface area contributed by atoms with Crippen molar-refractivity contribution in [3.8, 4) is 0 Å². The van der Waals surface area contributed by atoms with Crippen LogP contribution in [0.15, 0.2) is 48.5 Å². The predicted octanol–water partition coefficient (Wildman–Crippen LogP) is 4.19. The van der Waals surface area contributed by atoms with Gasteiger partial charge in [-0.2, -0.15) is 0 Å². The molecule has 2 heterocycles. The number of imide groups is 2. The van der Waals surface area contributed by atoms with Crippen LogP contribution in [0.3, 0.4) is 0 Å². The molecule has 2 aromatic carbocycles. The Labute approximate surface area is 204 Å². The summed E-state index contributed by atoms with van der Waals surface area (Å²) >= 11 is 0. The fourth-order valence-electron chi connectivity index (χ4n) is 5.31. The van der Waals surface area contributed by atoms with Gasteiger partial charge in [-0.05, 0) is 30.0 Å². The summed E-state index contributed by atoms with van der Waals surface area (Å²) in [6, 6.07) is 12.6. The number of carbonyl (C=O) groups excluding carboxylic acids is 3. The van der Waals surface area contributed by atoms with Crippen LogP contribution in [0.25, 0.3) is 0 Å². The summed E-state index contributed by atoms with van der Waals surface area (Å²) in [4.78, 5) is 54.7. The summed E-state index contributed by atoms with van der Waals surface area (Å²) in [6.45, 7) is 4.69. The minimum Gasteiger partial charge on any atom is -0.367 e. The maximum absolute atomic E-state index is 14.1. The Bertz CT molecular complexity index is 1150. The molecule has 0 aliphatic carbocycles. The first kappa shape index (κ1) is 24.4. The fraction of sp³-hybridized carbons (Fsp3) is 0.423. The maximum Gasteiger partial charge on any atom is 0.331 e. The van der Waals surface area contributed by atoms with Crippen molar-refractivity contribution in [2.75, 3.05) is 11.4 Å². The van der Waals surface area contributed by atoms with Gasteiger partial charge in [0.15, 0.2) is 5.41 Å². The minimum atomic E-state index is -1.56. The van der Waals surface area contributed by atoms with Crippen LogP contribution in [0, 0.1) is 15.5 Å². The number of non-ortho nitro benzene ring substituents is 1. The fourth-order valence-corrected chi connectivity index (χ4v) is 5.31. The largest absolute Gasteiger partial charge is 0.367 e. The zero-order chi connectivity index (χ0) is 25.2. The number of anilines is 1. The van der Waals surface area contributed by atoms with Crippen molar-refractivity contribution in [2.24, 2.45) is 5.41 Å². The summed E-state index contributed by atoms with van der Waals surface area (Å²) in [5.41, 5.74) is 0.487. The lowest BCUT2D eigenvalue weighted by Crippen LogP contribution is -2.71. The molecule has 2 aromatic rings. The predicted molar refractivity (Wildman–Crippen MR) is 131 cm³/mol. The van der Waals surface area contributed by atoms with Crippen molar-refractivity contribution in [2.45, 2.75) is 58.5 Å². The third-order valence-corrected chi connectivity index (χ3v) is 6.99. The molecule has 2 atom stereocenters. The summed E-state index contributed by atoms with van der Waals surface area (Å²) in [5, 5.41) is 13.9. The van der Waals surface area contributed by atoms with Crippen LogP contribution < -0.4 is 10.2 Å². The molecule has 0 bridgehead atoms. The highest BCUT2D eigenvalue weighted by molar-refractivity contribution is 6.20. The topological polar surface area (TPSA) is 113 Å². The van der Waals surface area contributed by atoms with Gasteiger partial charge in [-0.15, -0.1) is 0 Å². The Kier molecular flexibility index (Phi) is 6.86. The van der Waals surface area contributed by atoms with Gasteiger partial charge in [-0.25, -0.2) is 4.79 Å². The number of hydrogen-bond acceptors (Lipinski definition) is 6. The minimum absolute atomic E-state index is 0.000537. The lowest BCUT2D eigenvalue weighted by Gasteiger charge is -2.52.